The molecule has 0 unspecified atom stereocenters. The van der Waals surface area contributed by atoms with Crippen LogP contribution in [0, 0.1) is 0 Å². The summed E-state index contributed by atoms with van der Waals surface area (Å²) in [6, 6.07) is 9.11. The first kappa shape index (κ1) is 19.4. The molecule has 1 saturated carbocycles. The molecule has 0 atom stereocenters. The fourth-order valence-corrected chi connectivity index (χ4v) is 4.49. The number of hydrogen-bond donors (Lipinski definition) is 1. The Bertz CT molecular complexity index is 1250. The first-order valence-corrected chi connectivity index (χ1v) is 11.4. The Balaban J connectivity index is 1.22. The summed E-state index contributed by atoms with van der Waals surface area (Å²) in [4.78, 5) is 18.9. The molecule has 32 heavy (non-hydrogen) atoms. The molecule has 9 heteroatoms. The summed E-state index contributed by atoms with van der Waals surface area (Å²) < 4.78 is 1.91. The molecular weight excluding hydrogens is 402 g/mol. The van der Waals surface area contributed by atoms with Crippen LogP contribution in [0.2, 0.25) is 0 Å². The number of fused-ring (bicyclic) bond motifs is 3. The number of nitrogens with zero attached hydrogens (tertiary/aromatic N) is 8. The molecule has 3 aromatic heterocycles. The average molecular weight is 430 g/mol. The van der Waals surface area contributed by atoms with E-state index < -0.39 is 0 Å². The van der Waals surface area contributed by atoms with Crippen LogP contribution in [0.15, 0.2) is 36.7 Å². The molecule has 0 radical (unpaired) electrons. The lowest BCUT2D eigenvalue weighted by atomic mass is 10.2. The van der Waals surface area contributed by atoms with Crippen molar-refractivity contribution in [3.8, 4) is 0 Å². The molecular formula is C23H27N9. The Hall–Kier alpha value is -3.33. The lowest BCUT2D eigenvalue weighted by Gasteiger charge is -2.36. The normalized spacial score (nSPS) is 17.5. The van der Waals surface area contributed by atoms with Crippen molar-refractivity contribution in [2.45, 2.75) is 38.8 Å². The van der Waals surface area contributed by atoms with E-state index in [-0.39, 0.29) is 6.04 Å². The lowest BCUT2D eigenvalue weighted by Crippen LogP contribution is -2.47. The molecule has 9 nitrogen and oxygen atoms in total. The highest BCUT2D eigenvalue weighted by molar-refractivity contribution is 6.01. The van der Waals surface area contributed by atoms with Crippen molar-refractivity contribution in [2.24, 2.45) is 0 Å². The van der Waals surface area contributed by atoms with E-state index in [1.54, 1.807) is 0 Å². The Morgan fingerprint density at radius 2 is 1.81 bits per heavy atom. The maximum absolute atomic E-state index is 4.78. The summed E-state index contributed by atoms with van der Waals surface area (Å²) in [5.41, 5.74) is 3.76. The van der Waals surface area contributed by atoms with E-state index in [9.17, 15) is 0 Å². The predicted molar refractivity (Wildman–Crippen MR) is 125 cm³/mol. The maximum atomic E-state index is 4.78. The largest absolute Gasteiger partial charge is 0.368 e. The van der Waals surface area contributed by atoms with Gasteiger partial charge < -0.3 is 10.2 Å². The van der Waals surface area contributed by atoms with E-state index in [1.807, 2.05) is 35.3 Å². The molecule has 1 aromatic carbocycles. The van der Waals surface area contributed by atoms with Gasteiger partial charge in [0.2, 0.25) is 5.95 Å². The standard InChI is InChI=1S/C23H27N9/c1-15(2)32-22-19(28-29-32)7-3-16-13-25-23(27-21(16)22)26-20-8-6-18(14-24-20)31-11-9-30(10-12-31)17-4-5-17/h3,6-8,13-15,17H,4-5,9-12H2,1-2H3,(H,24,25,26,27). The van der Waals surface area contributed by atoms with Gasteiger partial charge in [0.05, 0.1) is 11.9 Å². The van der Waals surface area contributed by atoms with Crippen LogP contribution in [-0.4, -0.2) is 67.1 Å². The third-order valence-corrected chi connectivity index (χ3v) is 6.40. The van der Waals surface area contributed by atoms with Gasteiger partial charge in [-0.25, -0.2) is 19.6 Å². The molecule has 0 spiro atoms. The van der Waals surface area contributed by atoms with Gasteiger partial charge in [-0.2, -0.15) is 0 Å². The van der Waals surface area contributed by atoms with Gasteiger partial charge in [-0.1, -0.05) is 5.21 Å². The minimum absolute atomic E-state index is 0.192. The Kier molecular flexibility index (Phi) is 4.64. The second-order valence-electron chi connectivity index (χ2n) is 8.97. The lowest BCUT2D eigenvalue weighted by molar-refractivity contribution is 0.248. The quantitative estimate of drug-likeness (QED) is 0.517. The highest BCUT2D eigenvalue weighted by Crippen LogP contribution is 2.29. The van der Waals surface area contributed by atoms with Crippen LogP contribution >= 0.6 is 0 Å². The minimum atomic E-state index is 0.192. The van der Waals surface area contributed by atoms with Crippen LogP contribution in [-0.2, 0) is 0 Å². The number of aromatic nitrogens is 6. The number of pyridine rings is 1. The van der Waals surface area contributed by atoms with E-state index in [0.717, 1.165) is 60.0 Å². The van der Waals surface area contributed by atoms with Crippen molar-refractivity contribution in [3.63, 3.8) is 0 Å². The number of piperazine rings is 1. The van der Waals surface area contributed by atoms with Crippen molar-refractivity contribution in [1.82, 2.24) is 34.8 Å². The second kappa shape index (κ2) is 7.67. The molecule has 4 aromatic rings. The molecule has 4 heterocycles. The molecule has 6 rings (SSSR count). The maximum Gasteiger partial charge on any atom is 0.228 e. The van der Waals surface area contributed by atoms with E-state index in [2.05, 4.69) is 55.3 Å². The summed E-state index contributed by atoms with van der Waals surface area (Å²) in [5.74, 6) is 1.24. The number of anilines is 3. The topological polar surface area (TPSA) is 87.9 Å². The van der Waals surface area contributed by atoms with E-state index >= 15 is 0 Å². The summed E-state index contributed by atoms with van der Waals surface area (Å²) in [5, 5.41) is 12.8. The highest BCUT2D eigenvalue weighted by Gasteiger charge is 2.31. The molecule has 1 aliphatic carbocycles. The molecule has 0 amide bonds. The van der Waals surface area contributed by atoms with Crippen LogP contribution in [0.25, 0.3) is 21.9 Å². The van der Waals surface area contributed by atoms with Gasteiger partial charge >= 0.3 is 0 Å². The van der Waals surface area contributed by atoms with Gasteiger partial charge in [0, 0.05) is 49.8 Å². The van der Waals surface area contributed by atoms with Crippen LogP contribution in [0.1, 0.15) is 32.7 Å². The van der Waals surface area contributed by atoms with Gasteiger partial charge in [0.15, 0.2) is 0 Å². The number of nitrogens with one attached hydrogen (secondary N) is 1. The van der Waals surface area contributed by atoms with Crippen molar-refractivity contribution in [3.05, 3.63) is 36.7 Å². The molecule has 0 bridgehead atoms. The first-order valence-electron chi connectivity index (χ1n) is 11.4. The van der Waals surface area contributed by atoms with Gasteiger partial charge in [-0.15, -0.1) is 5.10 Å². The zero-order valence-electron chi connectivity index (χ0n) is 18.4. The molecule has 2 aliphatic rings. The predicted octanol–water partition coefficient (Wildman–Crippen LogP) is 3.38. The van der Waals surface area contributed by atoms with Crippen LogP contribution in [0.3, 0.4) is 0 Å². The zero-order chi connectivity index (χ0) is 21.7. The van der Waals surface area contributed by atoms with E-state index in [4.69, 9.17) is 4.98 Å². The van der Waals surface area contributed by atoms with Crippen LogP contribution in [0.5, 0.6) is 0 Å². The Labute approximate surface area is 186 Å². The summed E-state index contributed by atoms with van der Waals surface area (Å²) in [6.45, 7) is 8.59. The Morgan fingerprint density at radius 1 is 0.969 bits per heavy atom. The van der Waals surface area contributed by atoms with Crippen LogP contribution < -0.4 is 10.2 Å². The summed E-state index contributed by atoms with van der Waals surface area (Å²) in [6.07, 6.45) is 6.52. The first-order chi connectivity index (χ1) is 15.7. The van der Waals surface area contributed by atoms with Crippen molar-refractivity contribution in [2.75, 3.05) is 36.4 Å². The zero-order valence-corrected chi connectivity index (χ0v) is 18.4. The van der Waals surface area contributed by atoms with Gasteiger partial charge in [0.1, 0.15) is 22.4 Å². The average Bonchev–Trinajstić information content (AvgIpc) is 3.57. The third kappa shape index (κ3) is 3.52. The Morgan fingerprint density at radius 3 is 2.53 bits per heavy atom. The number of benzene rings is 1. The fraction of sp³-hybridized carbons (Fsp3) is 0.435. The van der Waals surface area contributed by atoms with Crippen molar-refractivity contribution >= 4 is 39.4 Å². The fourth-order valence-electron chi connectivity index (χ4n) is 4.49. The monoisotopic (exact) mass is 429 g/mol. The van der Waals surface area contributed by atoms with Crippen molar-refractivity contribution < 1.29 is 0 Å². The highest BCUT2D eigenvalue weighted by atomic mass is 15.4. The molecule has 2 fully saturated rings. The molecule has 1 aliphatic heterocycles. The van der Waals surface area contributed by atoms with Gasteiger partial charge in [0.25, 0.3) is 0 Å². The SMILES string of the molecule is CC(C)n1nnc2ccc3cnc(Nc4ccc(N5CCN(C6CC6)CC5)cn4)nc3c21. The van der Waals surface area contributed by atoms with Crippen LogP contribution in [0.4, 0.5) is 17.5 Å². The van der Waals surface area contributed by atoms with Gasteiger partial charge in [-0.3, -0.25) is 4.90 Å². The minimum Gasteiger partial charge on any atom is -0.368 e. The third-order valence-electron chi connectivity index (χ3n) is 6.40. The van der Waals surface area contributed by atoms with Crippen molar-refractivity contribution in [1.29, 1.82) is 0 Å². The number of rotatable bonds is 5. The smallest absolute Gasteiger partial charge is 0.228 e. The van der Waals surface area contributed by atoms with E-state index in [1.165, 1.54) is 18.5 Å². The second-order valence-corrected chi connectivity index (χ2v) is 8.97. The van der Waals surface area contributed by atoms with E-state index in [0.29, 0.717) is 5.95 Å². The summed E-state index contributed by atoms with van der Waals surface area (Å²) in [7, 11) is 0. The number of hydrogen-bond acceptors (Lipinski definition) is 8. The molecule has 1 N–H and O–H groups in total. The molecule has 164 valence electrons. The van der Waals surface area contributed by atoms with Gasteiger partial charge in [-0.05, 0) is 51.0 Å². The summed E-state index contributed by atoms with van der Waals surface area (Å²) >= 11 is 0. The molecule has 1 saturated heterocycles.